The Balaban J connectivity index is 1.69. The Hall–Kier alpha value is -4.05. The second-order valence-corrected chi connectivity index (χ2v) is 6.68. The predicted molar refractivity (Wildman–Crippen MR) is 115 cm³/mol. The molecule has 7 nitrogen and oxygen atoms in total. The molecule has 0 spiro atoms. The molecule has 0 amide bonds. The van der Waals surface area contributed by atoms with Crippen molar-refractivity contribution in [2.75, 3.05) is 26.8 Å². The smallest absolute Gasteiger partial charge is 0.164 e. The molecule has 1 heterocycles. The minimum atomic E-state index is 0.401. The van der Waals surface area contributed by atoms with Crippen LogP contribution in [0.4, 0.5) is 5.82 Å². The van der Waals surface area contributed by atoms with Gasteiger partial charge in [0.1, 0.15) is 17.4 Å². The summed E-state index contributed by atoms with van der Waals surface area (Å²) in [6, 6.07) is 13.6. The van der Waals surface area contributed by atoms with Gasteiger partial charge in [-0.2, -0.15) is 10.4 Å². The van der Waals surface area contributed by atoms with E-state index in [0.29, 0.717) is 29.3 Å². The van der Waals surface area contributed by atoms with E-state index in [2.05, 4.69) is 21.6 Å². The summed E-state index contributed by atoms with van der Waals surface area (Å²) in [5.74, 6) is 2.43. The number of rotatable bonds is 6. The zero-order valence-electron chi connectivity index (χ0n) is 16.9. The fourth-order valence-corrected chi connectivity index (χ4v) is 3.58. The lowest BCUT2D eigenvalue weighted by atomic mass is 10.0. The molecular weight excluding hydrogens is 380 g/mol. The van der Waals surface area contributed by atoms with Crippen LogP contribution in [-0.4, -0.2) is 32.5 Å². The van der Waals surface area contributed by atoms with Gasteiger partial charge in [-0.15, -0.1) is 0 Å². The van der Waals surface area contributed by atoms with Crippen LogP contribution in [0.3, 0.4) is 0 Å². The Morgan fingerprint density at radius 3 is 2.60 bits per heavy atom. The van der Waals surface area contributed by atoms with Crippen molar-refractivity contribution in [3.05, 3.63) is 64.8 Å². The summed E-state index contributed by atoms with van der Waals surface area (Å²) < 4.78 is 16.1. The highest BCUT2D eigenvalue weighted by Crippen LogP contribution is 2.45. The Kier molecular flexibility index (Phi) is 5.22. The van der Waals surface area contributed by atoms with Crippen LogP contribution in [0.1, 0.15) is 22.3 Å². The first kappa shape index (κ1) is 19.3. The lowest BCUT2D eigenvalue weighted by molar-refractivity contribution is 0.355. The highest BCUT2D eigenvalue weighted by atomic mass is 16.5. The predicted octanol–water partition coefficient (Wildman–Crippen LogP) is 4.00. The third-order valence-corrected chi connectivity index (χ3v) is 5.01. The van der Waals surface area contributed by atoms with Gasteiger partial charge in [0.25, 0.3) is 0 Å². The van der Waals surface area contributed by atoms with Crippen LogP contribution in [0.5, 0.6) is 17.2 Å². The van der Waals surface area contributed by atoms with Crippen LogP contribution < -0.4 is 19.6 Å². The Morgan fingerprint density at radius 1 is 1.07 bits per heavy atom. The van der Waals surface area contributed by atoms with Gasteiger partial charge in [0.2, 0.25) is 0 Å². The van der Waals surface area contributed by atoms with Crippen LogP contribution in [0, 0.1) is 11.3 Å². The van der Waals surface area contributed by atoms with Gasteiger partial charge in [-0.3, -0.25) is 5.43 Å². The minimum absolute atomic E-state index is 0.401. The number of pyridine rings is 1. The van der Waals surface area contributed by atoms with Crippen LogP contribution in [-0.2, 0) is 6.42 Å². The van der Waals surface area contributed by atoms with E-state index in [-0.39, 0.29) is 0 Å². The Labute approximate surface area is 174 Å². The van der Waals surface area contributed by atoms with E-state index in [1.165, 1.54) is 0 Å². The third kappa shape index (κ3) is 3.40. The van der Waals surface area contributed by atoms with Gasteiger partial charge in [0.05, 0.1) is 27.5 Å². The van der Waals surface area contributed by atoms with Crippen molar-refractivity contribution < 1.29 is 14.2 Å². The number of ether oxygens (including phenoxy) is 3. The number of benzene rings is 2. The largest absolute Gasteiger partial charge is 0.497 e. The highest BCUT2D eigenvalue weighted by molar-refractivity contribution is 5.87. The summed E-state index contributed by atoms with van der Waals surface area (Å²) in [6.45, 7) is 0. The van der Waals surface area contributed by atoms with Crippen LogP contribution in [0.2, 0.25) is 0 Å². The van der Waals surface area contributed by atoms with Gasteiger partial charge < -0.3 is 14.2 Å². The Bertz CT molecular complexity index is 1180. The number of aromatic nitrogens is 1. The van der Waals surface area contributed by atoms with Crippen molar-refractivity contribution >= 4 is 12.0 Å². The summed E-state index contributed by atoms with van der Waals surface area (Å²) in [4.78, 5) is 4.42. The van der Waals surface area contributed by atoms with E-state index in [9.17, 15) is 5.26 Å². The summed E-state index contributed by atoms with van der Waals surface area (Å²) in [5, 5.41) is 14.1. The van der Waals surface area contributed by atoms with Crippen molar-refractivity contribution in [2.24, 2.45) is 5.10 Å². The molecule has 0 saturated heterocycles. The zero-order valence-corrected chi connectivity index (χ0v) is 16.9. The number of anilines is 1. The van der Waals surface area contributed by atoms with Gasteiger partial charge in [0.15, 0.2) is 17.3 Å². The average Bonchev–Trinajstić information content (AvgIpc) is 3.15. The maximum atomic E-state index is 9.87. The summed E-state index contributed by atoms with van der Waals surface area (Å²) in [6.07, 6.45) is 4.11. The number of hydrogen-bond acceptors (Lipinski definition) is 7. The molecule has 1 aromatic heterocycles. The monoisotopic (exact) mass is 400 g/mol. The first-order valence-electron chi connectivity index (χ1n) is 9.28. The molecule has 7 heteroatoms. The molecule has 0 fully saturated rings. The molecule has 0 atom stereocenters. The lowest BCUT2D eigenvalue weighted by Gasteiger charge is -2.11. The van der Waals surface area contributed by atoms with E-state index in [1.54, 1.807) is 33.7 Å². The molecule has 1 aliphatic carbocycles. The van der Waals surface area contributed by atoms with E-state index in [4.69, 9.17) is 14.2 Å². The van der Waals surface area contributed by atoms with Crippen molar-refractivity contribution in [3.63, 3.8) is 0 Å². The van der Waals surface area contributed by atoms with Gasteiger partial charge in [-0.1, -0.05) is 12.1 Å². The molecule has 0 saturated carbocycles. The van der Waals surface area contributed by atoms with Gasteiger partial charge in [-0.05, 0) is 46.5 Å². The molecule has 2 aromatic carbocycles. The Morgan fingerprint density at radius 2 is 1.87 bits per heavy atom. The van der Waals surface area contributed by atoms with E-state index >= 15 is 0 Å². The van der Waals surface area contributed by atoms with Crippen molar-refractivity contribution in [1.29, 1.82) is 5.26 Å². The molecule has 0 aliphatic heterocycles. The molecule has 1 N–H and O–H groups in total. The quantitative estimate of drug-likeness (QED) is 0.389. The van der Waals surface area contributed by atoms with E-state index in [0.717, 1.165) is 33.6 Å². The second kappa shape index (κ2) is 8.13. The second-order valence-electron chi connectivity index (χ2n) is 6.68. The first-order chi connectivity index (χ1) is 14.7. The van der Waals surface area contributed by atoms with Crippen LogP contribution in [0.25, 0.3) is 11.1 Å². The van der Waals surface area contributed by atoms with Gasteiger partial charge in [0, 0.05) is 18.2 Å². The number of nitrogens with one attached hydrogen (secondary N) is 1. The SMILES string of the molecule is COc1cccc(/C=N/Nc2ncc3c(c2C#N)-c2cc(OC)c(OC)cc2C3)c1. The summed E-state index contributed by atoms with van der Waals surface area (Å²) >= 11 is 0. The standard InChI is InChI=1S/C23H20N4O3/c1-28-17-6-4-5-14(7-17)12-26-27-23-19(11-24)22-16(13-25-23)8-15-9-20(29-2)21(30-3)10-18(15)22/h4-7,9-10,12-13H,8H2,1-3H3,(H,25,27)/b26-12+. The number of hydrogen-bond donors (Lipinski definition) is 1. The molecule has 0 radical (unpaired) electrons. The fourth-order valence-electron chi connectivity index (χ4n) is 3.58. The number of fused-ring (bicyclic) bond motifs is 3. The number of hydrazone groups is 1. The topological polar surface area (TPSA) is 88.8 Å². The van der Waals surface area contributed by atoms with Crippen molar-refractivity contribution in [1.82, 2.24) is 4.98 Å². The number of methoxy groups -OCH3 is 3. The van der Waals surface area contributed by atoms with E-state index in [1.807, 2.05) is 36.4 Å². The fraction of sp³-hybridized carbons (Fsp3) is 0.174. The molecule has 0 bridgehead atoms. The first-order valence-corrected chi connectivity index (χ1v) is 9.28. The normalized spacial score (nSPS) is 11.5. The number of nitrogens with zero attached hydrogens (tertiary/aromatic N) is 3. The molecular formula is C23H20N4O3. The minimum Gasteiger partial charge on any atom is -0.497 e. The van der Waals surface area contributed by atoms with E-state index < -0.39 is 0 Å². The average molecular weight is 400 g/mol. The molecule has 30 heavy (non-hydrogen) atoms. The number of nitriles is 1. The summed E-state index contributed by atoms with van der Waals surface area (Å²) in [7, 11) is 4.82. The van der Waals surface area contributed by atoms with Gasteiger partial charge in [-0.25, -0.2) is 4.98 Å². The van der Waals surface area contributed by atoms with Crippen molar-refractivity contribution in [3.8, 4) is 34.4 Å². The van der Waals surface area contributed by atoms with Crippen molar-refractivity contribution in [2.45, 2.75) is 6.42 Å². The zero-order chi connectivity index (χ0) is 21.1. The molecule has 4 rings (SSSR count). The molecule has 1 aliphatic rings. The van der Waals surface area contributed by atoms with Crippen LogP contribution >= 0.6 is 0 Å². The molecule has 0 unspecified atom stereocenters. The molecule has 3 aromatic rings. The highest BCUT2D eigenvalue weighted by Gasteiger charge is 2.26. The maximum absolute atomic E-state index is 9.87. The maximum Gasteiger partial charge on any atom is 0.164 e. The third-order valence-electron chi connectivity index (χ3n) is 5.01. The van der Waals surface area contributed by atoms with Crippen LogP contribution in [0.15, 0.2) is 47.7 Å². The van der Waals surface area contributed by atoms with Gasteiger partial charge >= 0.3 is 0 Å². The lowest BCUT2D eigenvalue weighted by Crippen LogP contribution is -2.00. The molecule has 150 valence electrons. The summed E-state index contributed by atoms with van der Waals surface area (Å²) in [5.41, 5.74) is 8.06.